The molecule has 4 rings (SSSR count). The second-order valence-corrected chi connectivity index (χ2v) is 9.94. The third-order valence-electron chi connectivity index (χ3n) is 6.54. The maximum atomic E-state index is 12.4. The number of carbonyl (C=O) groups is 2. The molecule has 1 atom stereocenters. The van der Waals surface area contributed by atoms with Gasteiger partial charge in [-0.15, -0.1) is 0 Å². The summed E-state index contributed by atoms with van der Waals surface area (Å²) in [7, 11) is 0. The number of carbonyl (C=O) groups excluding carboxylic acids is 2. The van der Waals surface area contributed by atoms with E-state index in [0.29, 0.717) is 36.8 Å². The molecule has 0 fully saturated rings. The molecule has 222 valence electrons. The molecule has 0 aliphatic rings. The van der Waals surface area contributed by atoms with E-state index in [2.05, 4.69) is 33.2 Å². The van der Waals surface area contributed by atoms with E-state index >= 15 is 0 Å². The first-order chi connectivity index (χ1) is 20.5. The van der Waals surface area contributed by atoms with Crippen LogP contribution in [0.5, 0.6) is 5.75 Å². The molecule has 3 amide bonds. The summed E-state index contributed by atoms with van der Waals surface area (Å²) in [6.45, 7) is 3.80. The number of aromatic amines is 1. The van der Waals surface area contributed by atoms with E-state index in [1.54, 1.807) is 24.3 Å². The van der Waals surface area contributed by atoms with Gasteiger partial charge in [-0.2, -0.15) is 0 Å². The molecule has 3 aromatic carbocycles. The zero-order chi connectivity index (χ0) is 29.6. The number of amides is 3. The second kappa shape index (κ2) is 16.0. The number of hydrogen-bond acceptors (Lipinski definition) is 6. The van der Waals surface area contributed by atoms with Crippen molar-refractivity contribution in [3.63, 3.8) is 0 Å². The molecule has 1 heterocycles. The van der Waals surface area contributed by atoms with Gasteiger partial charge in [0.1, 0.15) is 18.5 Å². The molecule has 0 aliphatic heterocycles. The Bertz CT molecular complexity index is 1410. The number of aliphatic hydroxyl groups excluding tert-OH is 1. The summed E-state index contributed by atoms with van der Waals surface area (Å²) in [5.74, 6) is 0.748. The number of benzene rings is 3. The van der Waals surface area contributed by atoms with Crippen molar-refractivity contribution in [3.8, 4) is 5.75 Å². The number of hydrogen-bond donors (Lipinski definition) is 6. The van der Waals surface area contributed by atoms with E-state index in [9.17, 15) is 14.7 Å². The normalized spacial score (nSPS) is 11.6. The van der Waals surface area contributed by atoms with Crippen LogP contribution < -0.4 is 26.0 Å². The van der Waals surface area contributed by atoms with E-state index in [1.807, 2.05) is 54.7 Å². The van der Waals surface area contributed by atoms with Gasteiger partial charge in [-0.05, 0) is 79.5 Å². The summed E-state index contributed by atoms with van der Waals surface area (Å²) in [5.41, 5.74) is 3.94. The third-order valence-corrected chi connectivity index (χ3v) is 6.54. The zero-order valence-electron chi connectivity index (χ0n) is 23.8. The maximum Gasteiger partial charge on any atom is 0.411 e. The minimum Gasteiger partial charge on any atom is -0.490 e. The van der Waals surface area contributed by atoms with E-state index < -0.39 is 12.2 Å². The summed E-state index contributed by atoms with van der Waals surface area (Å²) < 4.78 is 10.9. The average Bonchev–Trinajstić information content (AvgIpc) is 3.48. The number of aromatic nitrogens is 1. The largest absolute Gasteiger partial charge is 0.490 e. The minimum absolute atomic E-state index is 0.203. The van der Waals surface area contributed by atoms with Crippen molar-refractivity contribution in [2.45, 2.75) is 38.7 Å². The molecule has 0 bridgehead atoms. The highest BCUT2D eigenvalue weighted by molar-refractivity contribution is 6.00. The lowest BCUT2D eigenvalue weighted by atomic mass is 10.1. The standard InChI is InChI=1S/C32H39N5O5/c1-2-3-4-20-41-32(40)37-26-14-12-25(13-15-26)36-31(39)35-24-10-8-23(9-11-24)16-18-33-21-27(38)22-42-30-7-5-6-29-28(30)17-19-34-29/h5-15,17,19,27,33-34,38H,2-4,16,18,20-22H2,1H3,(H,37,40)(H2,35,36,39)/t27-/m0/s1. The Labute approximate surface area is 245 Å². The minimum atomic E-state index is -0.631. The van der Waals surface area contributed by atoms with Gasteiger partial charge in [-0.25, -0.2) is 9.59 Å². The number of H-pyrrole nitrogens is 1. The SMILES string of the molecule is CCCCCOC(=O)Nc1ccc(NC(=O)Nc2ccc(CCNC[C@H](O)COc3cccc4[nH]ccc34)cc2)cc1. The van der Waals surface area contributed by atoms with Gasteiger partial charge < -0.3 is 35.5 Å². The number of aliphatic hydroxyl groups is 1. The van der Waals surface area contributed by atoms with Gasteiger partial charge in [-0.3, -0.25) is 5.32 Å². The first kappa shape index (κ1) is 30.4. The van der Waals surface area contributed by atoms with Crippen LogP contribution in [0.1, 0.15) is 31.7 Å². The Hall–Kier alpha value is -4.54. The Morgan fingerprint density at radius 1 is 0.881 bits per heavy atom. The number of urea groups is 1. The topological polar surface area (TPSA) is 137 Å². The van der Waals surface area contributed by atoms with Gasteiger partial charge >= 0.3 is 12.1 Å². The van der Waals surface area contributed by atoms with Crippen molar-refractivity contribution in [2.75, 3.05) is 42.3 Å². The summed E-state index contributed by atoms with van der Waals surface area (Å²) in [6, 6.07) is 21.8. The first-order valence-electron chi connectivity index (χ1n) is 14.3. The highest BCUT2D eigenvalue weighted by Gasteiger charge is 2.09. The molecule has 0 saturated heterocycles. The van der Waals surface area contributed by atoms with Crippen molar-refractivity contribution in [1.82, 2.24) is 10.3 Å². The maximum absolute atomic E-state index is 12.4. The van der Waals surface area contributed by atoms with E-state index in [0.717, 1.165) is 47.9 Å². The molecule has 0 spiro atoms. The van der Waals surface area contributed by atoms with Gasteiger partial charge in [0.25, 0.3) is 0 Å². The Balaban J connectivity index is 1.11. The monoisotopic (exact) mass is 573 g/mol. The van der Waals surface area contributed by atoms with Gasteiger partial charge in [0, 0.05) is 40.7 Å². The lowest BCUT2D eigenvalue weighted by Gasteiger charge is -2.14. The van der Waals surface area contributed by atoms with Crippen LogP contribution in [0, 0.1) is 0 Å². The quantitative estimate of drug-likeness (QED) is 0.0948. The van der Waals surface area contributed by atoms with Crippen LogP contribution in [0.25, 0.3) is 10.9 Å². The van der Waals surface area contributed by atoms with Crippen molar-refractivity contribution < 1.29 is 24.2 Å². The molecular weight excluding hydrogens is 534 g/mol. The Morgan fingerprint density at radius 2 is 1.57 bits per heavy atom. The van der Waals surface area contributed by atoms with Crippen molar-refractivity contribution in [1.29, 1.82) is 0 Å². The number of nitrogens with one attached hydrogen (secondary N) is 5. The molecule has 0 aliphatic carbocycles. The summed E-state index contributed by atoms with van der Waals surface area (Å²) >= 11 is 0. The third kappa shape index (κ3) is 9.83. The van der Waals surface area contributed by atoms with Crippen LogP contribution in [-0.2, 0) is 11.2 Å². The number of ether oxygens (including phenoxy) is 2. The fourth-order valence-electron chi connectivity index (χ4n) is 4.28. The fourth-order valence-corrected chi connectivity index (χ4v) is 4.28. The average molecular weight is 574 g/mol. The number of rotatable bonds is 15. The highest BCUT2D eigenvalue weighted by Crippen LogP contribution is 2.24. The lowest BCUT2D eigenvalue weighted by molar-refractivity contribution is 0.107. The molecule has 0 saturated carbocycles. The van der Waals surface area contributed by atoms with E-state index in [1.165, 1.54) is 0 Å². The highest BCUT2D eigenvalue weighted by atomic mass is 16.5. The predicted octanol–water partition coefficient (Wildman–Crippen LogP) is 6.12. The second-order valence-electron chi connectivity index (χ2n) is 9.94. The lowest BCUT2D eigenvalue weighted by Crippen LogP contribution is -2.32. The van der Waals surface area contributed by atoms with Gasteiger partial charge in [0.15, 0.2) is 0 Å². The van der Waals surface area contributed by atoms with Crippen LogP contribution in [0.2, 0.25) is 0 Å². The first-order valence-corrected chi connectivity index (χ1v) is 14.3. The summed E-state index contributed by atoms with van der Waals surface area (Å²) in [5, 5.41) is 22.8. The number of fused-ring (bicyclic) bond motifs is 1. The van der Waals surface area contributed by atoms with Crippen LogP contribution in [0.3, 0.4) is 0 Å². The molecular formula is C32H39N5O5. The van der Waals surface area contributed by atoms with Gasteiger partial charge in [-0.1, -0.05) is 38.0 Å². The Morgan fingerprint density at radius 3 is 2.29 bits per heavy atom. The number of unbranched alkanes of at least 4 members (excludes halogenated alkanes) is 2. The molecule has 42 heavy (non-hydrogen) atoms. The molecule has 4 aromatic rings. The smallest absolute Gasteiger partial charge is 0.411 e. The zero-order valence-corrected chi connectivity index (χ0v) is 23.8. The molecule has 0 radical (unpaired) electrons. The predicted molar refractivity (Wildman–Crippen MR) is 166 cm³/mol. The van der Waals surface area contributed by atoms with Crippen molar-refractivity contribution in [2.24, 2.45) is 0 Å². The molecule has 10 nitrogen and oxygen atoms in total. The van der Waals surface area contributed by atoms with Gasteiger partial charge in [0.2, 0.25) is 0 Å². The molecule has 1 aromatic heterocycles. The summed E-state index contributed by atoms with van der Waals surface area (Å²) in [4.78, 5) is 27.4. The van der Waals surface area contributed by atoms with Gasteiger partial charge in [0.05, 0.1) is 6.61 Å². The summed E-state index contributed by atoms with van der Waals surface area (Å²) in [6.07, 6.45) is 4.45. The van der Waals surface area contributed by atoms with Crippen molar-refractivity contribution >= 4 is 40.1 Å². The van der Waals surface area contributed by atoms with Crippen LogP contribution >= 0.6 is 0 Å². The van der Waals surface area contributed by atoms with E-state index in [-0.39, 0.29) is 12.6 Å². The fraction of sp³-hybridized carbons (Fsp3) is 0.312. The number of anilines is 3. The van der Waals surface area contributed by atoms with Crippen LogP contribution in [0.4, 0.5) is 26.7 Å². The Kier molecular flexibility index (Phi) is 11.6. The van der Waals surface area contributed by atoms with Crippen LogP contribution in [-0.4, -0.2) is 54.6 Å². The van der Waals surface area contributed by atoms with Crippen molar-refractivity contribution in [3.05, 3.63) is 84.6 Å². The van der Waals surface area contributed by atoms with Crippen LogP contribution in [0.15, 0.2) is 79.0 Å². The molecule has 6 N–H and O–H groups in total. The molecule has 0 unspecified atom stereocenters. The van der Waals surface area contributed by atoms with E-state index in [4.69, 9.17) is 9.47 Å². The molecule has 10 heteroatoms.